The molecule has 0 spiro atoms. The first-order valence-corrected chi connectivity index (χ1v) is 6.23. The summed E-state index contributed by atoms with van der Waals surface area (Å²) in [4.78, 5) is 12.8. The summed E-state index contributed by atoms with van der Waals surface area (Å²) in [6.45, 7) is 2.09. The largest absolute Gasteiger partial charge is 0.344 e. The smallest absolute Gasteiger partial charge is 0.155 e. The monoisotopic (exact) mass is 257 g/mol. The minimum atomic E-state index is -0.496. The first kappa shape index (κ1) is 13.3. The second-order valence-corrected chi connectivity index (χ2v) is 4.37. The van der Waals surface area contributed by atoms with Gasteiger partial charge >= 0.3 is 0 Å². The number of carbonyl (C=O) groups is 1. The van der Waals surface area contributed by atoms with E-state index in [2.05, 4.69) is 6.92 Å². The van der Waals surface area contributed by atoms with Crippen LogP contribution in [0.3, 0.4) is 0 Å². The van der Waals surface area contributed by atoms with E-state index < -0.39 is 5.82 Å². The summed E-state index contributed by atoms with van der Waals surface area (Å²) in [5.41, 5.74) is 2.82. The summed E-state index contributed by atoms with van der Waals surface area (Å²) >= 11 is 0. The molecule has 0 fully saturated rings. The molecular weight excluding hydrogens is 241 g/mol. The van der Waals surface area contributed by atoms with Gasteiger partial charge in [-0.15, -0.1) is 0 Å². The van der Waals surface area contributed by atoms with Crippen LogP contribution in [0.1, 0.15) is 22.8 Å². The molecule has 2 aromatic carbocycles. The van der Waals surface area contributed by atoms with Crippen molar-refractivity contribution in [3.05, 3.63) is 59.4 Å². The fourth-order valence-corrected chi connectivity index (χ4v) is 2.03. The number of aldehydes is 1. The van der Waals surface area contributed by atoms with E-state index in [4.69, 9.17) is 0 Å². The molecule has 0 heterocycles. The SMILES string of the molecule is CCc1ccc(N(C)c2cccc(F)c2C=O)cc1. The predicted octanol–water partition coefficient (Wildman–Crippen LogP) is 3.97. The minimum absolute atomic E-state index is 0.0876. The Morgan fingerprint density at radius 3 is 2.42 bits per heavy atom. The molecule has 0 aliphatic carbocycles. The van der Waals surface area contributed by atoms with Crippen LogP contribution in [0.4, 0.5) is 15.8 Å². The number of carbonyl (C=O) groups excluding carboxylic acids is 1. The maximum absolute atomic E-state index is 13.6. The van der Waals surface area contributed by atoms with E-state index >= 15 is 0 Å². The van der Waals surface area contributed by atoms with E-state index in [-0.39, 0.29) is 5.56 Å². The number of anilines is 2. The summed E-state index contributed by atoms with van der Waals surface area (Å²) in [7, 11) is 1.82. The number of aryl methyl sites for hydroxylation is 1. The number of halogens is 1. The number of nitrogens with zero attached hydrogens (tertiary/aromatic N) is 1. The molecule has 0 unspecified atom stereocenters. The van der Waals surface area contributed by atoms with Gasteiger partial charge in [0.15, 0.2) is 6.29 Å². The van der Waals surface area contributed by atoms with Crippen molar-refractivity contribution in [2.24, 2.45) is 0 Å². The Morgan fingerprint density at radius 2 is 1.84 bits per heavy atom. The third-order valence-electron chi connectivity index (χ3n) is 3.24. The molecule has 0 N–H and O–H groups in total. The fraction of sp³-hybridized carbons (Fsp3) is 0.188. The maximum Gasteiger partial charge on any atom is 0.155 e. The van der Waals surface area contributed by atoms with E-state index in [9.17, 15) is 9.18 Å². The highest BCUT2D eigenvalue weighted by molar-refractivity contribution is 5.87. The molecule has 0 bridgehead atoms. The first-order valence-electron chi connectivity index (χ1n) is 6.23. The molecule has 0 saturated carbocycles. The molecule has 3 heteroatoms. The molecule has 2 rings (SSSR count). The Morgan fingerprint density at radius 1 is 1.16 bits per heavy atom. The van der Waals surface area contributed by atoms with Crippen molar-refractivity contribution < 1.29 is 9.18 Å². The molecule has 19 heavy (non-hydrogen) atoms. The molecular formula is C16H16FNO. The van der Waals surface area contributed by atoms with E-state index in [0.29, 0.717) is 12.0 Å². The number of hydrogen-bond acceptors (Lipinski definition) is 2. The fourth-order valence-electron chi connectivity index (χ4n) is 2.03. The van der Waals surface area contributed by atoms with E-state index in [1.807, 2.05) is 36.2 Å². The Kier molecular flexibility index (Phi) is 3.95. The van der Waals surface area contributed by atoms with E-state index in [1.165, 1.54) is 11.6 Å². The van der Waals surface area contributed by atoms with Gasteiger partial charge in [-0.2, -0.15) is 0 Å². The Bertz CT molecular complexity index is 578. The third kappa shape index (κ3) is 2.65. The van der Waals surface area contributed by atoms with Crippen LogP contribution in [0.5, 0.6) is 0 Å². The van der Waals surface area contributed by atoms with Crippen molar-refractivity contribution in [3.8, 4) is 0 Å². The van der Waals surface area contributed by atoms with Gasteiger partial charge in [0, 0.05) is 12.7 Å². The molecule has 0 radical (unpaired) electrons. The lowest BCUT2D eigenvalue weighted by molar-refractivity contribution is 0.112. The highest BCUT2D eigenvalue weighted by Crippen LogP contribution is 2.27. The van der Waals surface area contributed by atoms with Crippen molar-refractivity contribution in [1.82, 2.24) is 0 Å². The third-order valence-corrected chi connectivity index (χ3v) is 3.24. The molecule has 2 nitrogen and oxygen atoms in total. The van der Waals surface area contributed by atoms with Crippen molar-refractivity contribution in [1.29, 1.82) is 0 Å². The average Bonchev–Trinajstić information content (AvgIpc) is 2.46. The van der Waals surface area contributed by atoms with Gasteiger partial charge in [0.1, 0.15) is 5.82 Å². The lowest BCUT2D eigenvalue weighted by Crippen LogP contribution is -2.12. The molecule has 0 aliphatic heterocycles. The summed E-state index contributed by atoms with van der Waals surface area (Å²) in [6, 6.07) is 12.6. The van der Waals surface area contributed by atoms with Crippen LogP contribution in [-0.4, -0.2) is 13.3 Å². The second-order valence-electron chi connectivity index (χ2n) is 4.37. The zero-order valence-corrected chi connectivity index (χ0v) is 11.1. The van der Waals surface area contributed by atoms with Gasteiger partial charge in [-0.1, -0.05) is 25.1 Å². The molecule has 0 amide bonds. The van der Waals surface area contributed by atoms with Crippen LogP contribution in [0.15, 0.2) is 42.5 Å². The summed E-state index contributed by atoms with van der Waals surface area (Å²) < 4.78 is 13.6. The van der Waals surface area contributed by atoms with Crippen LogP contribution in [0, 0.1) is 5.82 Å². The van der Waals surface area contributed by atoms with Crippen LogP contribution in [0.25, 0.3) is 0 Å². The molecule has 98 valence electrons. The van der Waals surface area contributed by atoms with E-state index in [1.54, 1.807) is 12.1 Å². The Hall–Kier alpha value is -2.16. The normalized spacial score (nSPS) is 10.3. The topological polar surface area (TPSA) is 20.3 Å². The molecule has 0 saturated heterocycles. The van der Waals surface area contributed by atoms with Crippen LogP contribution < -0.4 is 4.90 Å². The molecule has 0 aromatic heterocycles. The van der Waals surface area contributed by atoms with Gasteiger partial charge in [-0.25, -0.2) is 4.39 Å². The standard InChI is InChI=1S/C16H16FNO/c1-3-12-7-9-13(10-8-12)18(2)16-6-4-5-15(17)14(16)11-19/h4-11H,3H2,1-2H3. The summed E-state index contributed by atoms with van der Waals surface area (Å²) in [5, 5.41) is 0. The summed E-state index contributed by atoms with van der Waals surface area (Å²) in [6.07, 6.45) is 1.53. The van der Waals surface area contributed by atoms with Crippen molar-refractivity contribution in [2.75, 3.05) is 11.9 Å². The van der Waals surface area contributed by atoms with Crippen LogP contribution in [0.2, 0.25) is 0 Å². The molecule has 0 atom stereocenters. The second kappa shape index (κ2) is 5.65. The first-order chi connectivity index (χ1) is 9.17. The zero-order valence-electron chi connectivity index (χ0n) is 11.1. The number of rotatable bonds is 4. The van der Waals surface area contributed by atoms with Crippen LogP contribution >= 0.6 is 0 Å². The number of hydrogen-bond donors (Lipinski definition) is 0. The lowest BCUT2D eigenvalue weighted by Gasteiger charge is -2.21. The van der Waals surface area contributed by atoms with Gasteiger partial charge in [0.2, 0.25) is 0 Å². The number of benzene rings is 2. The van der Waals surface area contributed by atoms with Crippen molar-refractivity contribution >= 4 is 17.7 Å². The van der Waals surface area contributed by atoms with Crippen molar-refractivity contribution in [2.45, 2.75) is 13.3 Å². The Labute approximate surface area is 112 Å². The van der Waals surface area contributed by atoms with Gasteiger partial charge in [-0.05, 0) is 36.2 Å². The lowest BCUT2D eigenvalue weighted by atomic mass is 10.1. The Balaban J connectivity index is 2.40. The summed E-state index contributed by atoms with van der Waals surface area (Å²) in [5.74, 6) is -0.496. The highest BCUT2D eigenvalue weighted by Gasteiger charge is 2.12. The van der Waals surface area contributed by atoms with Crippen LogP contribution in [-0.2, 0) is 6.42 Å². The van der Waals surface area contributed by atoms with Gasteiger partial charge in [0.25, 0.3) is 0 Å². The zero-order chi connectivity index (χ0) is 13.8. The molecule has 2 aromatic rings. The van der Waals surface area contributed by atoms with Crippen molar-refractivity contribution in [3.63, 3.8) is 0 Å². The highest BCUT2D eigenvalue weighted by atomic mass is 19.1. The molecule has 0 aliphatic rings. The van der Waals surface area contributed by atoms with Gasteiger partial charge in [0.05, 0.1) is 11.3 Å². The van der Waals surface area contributed by atoms with E-state index in [0.717, 1.165) is 12.1 Å². The predicted molar refractivity (Wildman–Crippen MR) is 75.7 cm³/mol. The quantitative estimate of drug-likeness (QED) is 0.772. The van der Waals surface area contributed by atoms with Gasteiger partial charge < -0.3 is 4.90 Å². The average molecular weight is 257 g/mol. The maximum atomic E-state index is 13.6. The minimum Gasteiger partial charge on any atom is -0.344 e. The van der Waals surface area contributed by atoms with Gasteiger partial charge in [-0.3, -0.25) is 4.79 Å².